The maximum absolute atomic E-state index is 13.5. The molecule has 0 atom stereocenters. The van der Waals surface area contributed by atoms with E-state index in [0.29, 0.717) is 17.0 Å². The van der Waals surface area contributed by atoms with Gasteiger partial charge < -0.3 is 9.30 Å². The minimum Gasteiger partial charge on any atom is -0.494 e. The number of aryl methyl sites for hydroxylation is 1. The first-order chi connectivity index (χ1) is 8.17. The highest BCUT2D eigenvalue weighted by molar-refractivity contribution is 5.65. The summed E-state index contributed by atoms with van der Waals surface area (Å²) in [6, 6.07) is 6.53. The van der Waals surface area contributed by atoms with Crippen LogP contribution in [0.2, 0.25) is 0 Å². The number of hydrogen-bond acceptors (Lipinski definition) is 3. The van der Waals surface area contributed by atoms with Gasteiger partial charge in [0.15, 0.2) is 11.6 Å². The molecule has 0 bridgehead atoms. The van der Waals surface area contributed by atoms with E-state index < -0.39 is 5.82 Å². The Hall–Kier alpha value is -2.35. The molecule has 2 aromatic rings. The molecule has 0 amide bonds. The van der Waals surface area contributed by atoms with Gasteiger partial charge in [0, 0.05) is 12.6 Å². The molecule has 0 unspecified atom stereocenters. The Labute approximate surface area is 97.9 Å². The van der Waals surface area contributed by atoms with Crippen molar-refractivity contribution in [1.82, 2.24) is 9.55 Å². The number of rotatable bonds is 2. The van der Waals surface area contributed by atoms with Gasteiger partial charge in [0.25, 0.3) is 0 Å². The summed E-state index contributed by atoms with van der Waals surface area (Å²) in [5.41, 5.74) is 1.42. The first-order valence-corrected chi connectivity index (χ1v) is 4.92. The standard InChI is InChI=1S/C12H10FN3O/c1-16-7-15-12(10(16)6-14)8-3-4-11(17-2)9(13)5-8/h3-5,7H,1-2H3. The average molecular weight is 231 g/mol. The number of benzene rings is 1. The predicted molar refractivity (Wildman–Crippen MR) is 59.9 cm³/mol. The minimum atomic E-state index is -0.473. The van der Waals surface area contributed by atoms with E-state index in [1.165, 1.54) is 25.6 Å². The second-order valence-electron chi connectivity index (χ2n) is 3.51. The van der Waals surface area contributed by atoms with Crippen molar-refractivity contribution in [3.8, 4) is 23.1 Å². The summed E-state index contributed by atoms with van der Waals surface area (Å²) in [5.74, 6) is -0.303. The SMILES string of the molecule is COc1ccc(-c2ncn(C)c2C#N)cc1F. The Kier molecular flexibility index (Phi) is 2.79. The molecular weight excluding hydrogens is 221 g/mol. The van der Waals surface area contributed by atoms with Crippen molar-refractivity contribution in [2.24, 2.45) is 7.05 Å². The van der Waals surface area contributed by atoms with E-state index in [1.807, 2.05) is 6.07 Å². The summed E-state index contributed by atoms with van der Waals surface area (Å²) in [4.78, 5) is 4.09. The van der Waals surface area contributed by atoms with Gasteiger partial charge in [-0.3, -0.25) is 0 Å². The van der Waals surface area contributed by atoms with Crippen LogP contribution in [0.4, 0.5) is 4.39 Å². The maximum Gasteiger partial charge on any atom is 0.165 e. The smallest absolute Gasteiger partial charge is 0.165 e. The molecule has 0 aliphatic carbocycles. The topological polar surface area (TPSA) is 50.8 Å². The largest absolute Gasteiger partial charge is 0.494 e. The molecule has 0 saturated carbocycles. The summed E-state index contributed by atoms with van der Waals surface area (Å²) >= 11 is 0. The zero-order valence-corrected chi connectivity index (χ0v) is 9.44. The molecule has 4 nitrogen and oxygen atoms in total. The molecule has 86 valence electrons. The van der Waals surface area contributed by atoms with E-state index in [4.69, 9.17) is 10.00 Å². The van der Waals surface area contributed by atoms with Gasteiger partial charge in [-0.15, -0.1) is 0 Å². The van der Waals surface area contributed by atoms with Crippen molar-refractivity contribution in [2.75, 3.05) is 7.11 Å². The van der Waals surface area contributed by atoms with Crippen molar-refractivity contribution in [3.63, 3.8) is 0 Å². The van der Waals surface area contributed by atoms with E-state index >= 15 is 0 Å². The second kappa shape index (κ2) is 4.26. The first-order valence-electron chi connectivity index (χ1n) is 4.92. The monoisotopic (exact) mass is 231 g/mol. The van der Waals surface area contributed by atoms with Crippen molar-refractivity contribution in [1.29, 1.82) is 5.26 Å². The lowest BCUT2D eigenvalue weighted by atomic mass is 10.1. The fourth-order valence-corrected chi connectivity index (χ4v) is 1.59. The van der Waals surface area contributed by atoms with Crippen LogP contribution in [0.3, 0.4) is 0 Å². The fourth-order valence-electron chi connectivity index (χ4n) is 1.59. The molecule has 5 heteroatoms. The van der Waals surface area contributed by atoms with Crippen LogP contribution in [0.15, 0.2) is 24.5 Å². The molecule has 1 aromatic carbocycles. The number of methoxy groups -OCH3 is 1. The highest BCUT2D eigenvalue weighted by Gasteiger charge is 2.12. The molecular formula is C12H10FN3O. The lowest BCUT2D eigenvalue weighted by Gasteiger charge is -2.03. The van der Waals surface area contributed by atoms with Gasteiger partial charge in [0.05, 0.1) is 13.4 Å². The molecule has 0 fully saturated rings. The van der Waals surface area contributed by atoms with Crippen molar-refractivity contribution >= 4 is 0 Å². The lowest BCUT2D eigenvalue weighted by Crippen LogP contribution is -1.92. The van der Waals surface area contributed by atoms with Crippen LogP contribution in [0.1, 0.15) is 5.69 Å². The van der Waals surface area contributed by atoms with Gasteiger partial charge in [-0.2, -0.15) is 5.26 Å². The zero-order chi connectivity index (χ0) is 12.4. The molecule has 1 aromatic heterocycles. The van der Waals surface area contributed by atoms with Gasteiger partial charge in [-0.05, 0) is 18.2 Å². The zero-order valence-electron chi connectivity index (χ0n) is 9.44. The number of imidazole rings is 1. The third kappa shape index (κ3) is 1.85. The number of aromatic nitrogens is 2. The minimum absolute atomic E-state index is 0.170. The van der Waals surface area contributed by atoms with Crippen LogP contribution in [-0.2, 0) is 7.05 Å². The van der Waals surface area contributed by atoms with Crippen molar-refractivity contribution in [2.45, 2.75) is 0 Å². The normalized spacial score (nSPS) is 10.0. The molecule has 0 N–H and O–H groups in total. The summed E-state index contributed by atoms with van der Waals surface area (Å²) in [6.07, 6.45) is 1.52. The number of ether oxygens (including phenoxy) is 1. The Bertz CT molecular complexity index is 598. The van der Waals surface area contributed by atoms with Gasteiger partial charge in [-0.1, -0.05) is 0 Å². The number of nitrogens with zero attached hydrogens (tertiary/aromatic N) is 3. The summed E-state index contributed by atoms with van der Waals surface area (Å²) in [5, 5.41) is 8.99. The van der Waals surface area contributed by atoms with E-state index in [-0.39, 0.29) is 5.75 Å². The molecule has 2 rings (SSSR count). The Morgan fingerprint density at radius 3 is 2.82 bits per heavy atom. The Morgan fingerprint density at radius 2 is 2.24 bits per heavy atom. The molecule has 0 saturated heterocycles. The molecule has 0 aliphatic rings. The van der Waals surface area contributed by atoms with Crippen LogP contribution in [0.25, 0.3) is 11.3 Å². The Balaban J connectivity index is 2.54. The van der Waals surface area contributed by atoms with Gasteiger partial charge in [0.2, 0.25) is 0 Å². The molecule has 0 aliphatic heterocycles. The van der Waals surface area contributed by atoms with Gasteiger partial charge >= 0.3 is 0 Å². The highest BCUT2D eigenvalue weighted by atomic mass is 19.1. The van der Waals surface area contributed by atoms with Crippen LogP contribution in [0, 0.1) is 17.1 Å². The molecule has 0 spiro atoms. The van der Waals surface area contributed by atoms with Crippen LogP contribution >= 0.6 is 0 Å². The van der Waals surface area contributed by atoms with Crippen LogP contribution in [-0.4, -0.2) is 16.7 Å². The van der Waals surface area contributed by atoms with Crippen molar-refractivity contribution < 1.29 is 9.13 Å². The van der Waals surface area contributed by atoms with Crippen molar-refractivity contribution in [3.05, 3.63) is 36.0 Å². The third-order valence-corrected chi connectivity index (χ3v) is 2.47. The summed E-state index contributed by atoms with van der Waals surface area (Å²) in [7, 11) is 3.12. The average Bonchev–Trinajstić information content (AvgIpc) is 2.70. The Morgan fingerprint density at radius 1 is 1.47 bits per heavy atom. The van der Waals surface area contributed by atoms with E-state index in [1.54, 1.807) is 17.7 Å². The lowest BCUT2D eigenvalue weighted by molar-refractivity contribution is 0.386. The van der Waals surface area contributed by atoms with E-state index in [9.17, 15) is 4.39 Å². The molecule has 1 heterocycles. The van der Waals surface area contributed by atoms with E-state index in [2.05, 4.69) is 4.98 Å². The number of hydrogen-bond donors (Lipinski definition) is 0. The second-order valence-corrected chi connectivity index (χ2v) is 3.51. The van der Waals surface area contributed by atoms with E-state index in [0.717, 1.165) is 0 Å². The predicted octanol–water partition coefficient (Wildman–Crippen LogP) is 2.11. The maximum atomic E-state index is 13.5. The summed E-state index contributed by atoms with van der Waals surface area (Å²) < 4.78 is 20.0. The molecule has 0 radical (unpaired) electrons. The fraction of sp³-hybridized carbons (Fsp3) is 0.167. The highest BCUT2D eigenvalue weighted by Crippen LogP contribution is 2.26. The van der Waals surface area contributed by atoms with Crippen LogP contribution < -0.4 is 4.74 Å². The van der Waals surface area contributed by atoms with Gasteiger partial charge in [0.1, 0.15) is 17.5 Å². The quantitative estimate of drug-likeness (QED) is 0.795. The third-order valence-electron chi connectivity index (χ3n) is 2.47. The first kappa shape index (κ1) is 11.1. The number of nitriles is 1. The number of halogens is 1. The van der Waals surface area contributed by atoms with Gasteiger partial charge in [-0.25, -0.2) is 9.37 Å². The summed E-state index contributed by atoms with van der Waals surface area (Å²) in [6.45, 7) is 0. The van der Waals surface area contributed by atoms with Crippen LogP contribution in [0.5, 0.6) is 5.75 Å². The molecule has 17 heavy (non-hydrogen) atoms.